The summed E-state index contributed by atoms with van der Waals surface area (Å²) in [6.07, 6.45) is 0. The molecule has 6 heteroatoms. The second-order valence-electron chi connectivity index (χ2n) is 5.28. The molecule has 0 radical (unpaired) electrons. The first kappa shape index (κ1) is 17.8. The average Bonchev–Trinajstić information content (AvgIpc) is 2.41. The molecule has 1 amide bonds. The van der Waals surface area contributed by atoms with Gasteiger partial charge in [0.1, 0.15) is 5.75 Å². The average molecular weight is 314 g/mol. The minimum atomic E-state index is 0. The molecule has 5 nitrogen and oxygen atoms in total. The van der Waals surface area contributed by atoms with Gasteiger partial charge in [-0.05, 0) is 31.5 Å². The highest BCUT2D eigenvalue weighted by atomic mass is 35.5. The molecule has 0 spiro atoms. The van der Waals surface area contributed by atoms with Crippen molar-refractivity contribution in [3.63, 3.8) is 0 Å². The Bertz CT molecular complexity index is 482. The Hall–Kier alpha value is -1.30. The predicted octanol–water partition coefficient (Wildman–Crippen LogP) is 1.66. The van der Waals surface area contributed by atoms with Crippen LogP contribution in [0.2, 0.25) is 0 Å². The van der Waals surface area contributed by atoms with Crippen LogP contribution in [0.15, 0.2) is 18.2 Å². The van der Waals surface area contributed by atoms with E-state index in [-0.39, 0.29) is 18.3 Å². The number of hydrogen-bond acceptors (Lipinski definition) is 4. The van der Waals surface area contributed by atoms with Gasteiger partial charge in [-0.15, -0.1) is 12.4 Å². The molecule has 2 rings (SSSR count). The Labute approximate surface area is 132 Å². The highest BCUT2D eigenvalue weighted by Gasteiger charge is 2.20. The van der Waals surface area contributed by atoms with Crippen molar-refractivity contribution in [2.24, 2.45) is 0 Å². The number of methoxy groups -OCH3 is 1. The van der Waals surface area contributed by atoms with Crippen LogP contribution in [0.3, 0.4) is 0 Å². The summed E-state index contributed by atoms with van der Waals surface area (Å²) in [5, 5.41) is 6.26. The van der Waals surface area contributed by atoms with Gasteiger partial charge >= 0.3 is 0 Å². The number of aryl methyl sites for hydroxylation is 1. The van der Waals surface area contributed by atoms with E-state index in [1.807, 2.05) is 25.1 Å². The zero-order valence-electron chi connectivity index (χ0n) is 12.8. The Morgan fingerprint density at radius 2 is 2.29 bits per heavy atom. The molecule has 0 saturated carbocycles. The molecular weight excluding hydrogens is 290 g/mol. The standard InChI is InChI=1S/C15H23N3O2.ClH/c1-11-4-5-14(20-3)13(8-11)17-15(19)10-18-7-6-16-9-12(18)2;/h4-5,8,12,16H,6-7,9-10H2,1-3H3,(H,17,19);1H/t12-;/m0./s1. The van der Waals surface area contributed by atoms with Crippen LogP contribution in [0.1, 0.15) is 12.5 Å². The van der Waals surface area contributed by atoms with Gasteiger partial charge in [0.2, 0.25) is 5.91 Å². The van der Waals surface area contributed by atoms with Gasteiger partial charge in [-0.3, -0.25) is 9.69 Å². The highest BCUT2D eigenvalue weighted by Crippen LogP contribution is 2.25. The summed E-state index contributed by atoms with van der Waals surface area (Å²) in [6.45, 7) is 7.31. The molecule has 1 atom stereocenters. The molecule has 21 heavy (non-hydrogen) atoms. The fraction of sp³-hybridized carbons (Fsp3) is 0.533. The molecule has 0 bridgehead atoms. The number of carbonyl (C=O) groups is 1. The van der Waals surface area contributed by atoms with E-state index in [2.05, 4.69) is 22.5 Å². The van der Waals surface area contributed by atoms with Crippen molar-refractivity contribution in [3.05, 3.63) is 23.8 Å². The number of nitrogens with one attached hydrogen (secondary N) is 2. The van der Waals surface area contributed by atoms with Crippen molar-refractivity contribution in [1.82, 2.24) is 10.2 Å². The number of anilines is 1. The molecule has 1 heterocycles. The van der Waals surface area contributed by atoms with Gasteiger partial charge in [-0.25, -0.2) is 0 Å². The summed E-state index contributed by atoms with van der Waals surface area (Å²) < 4.78 is 5.27. The highest BCUT2D eigenvalue weighted by molar-refractivity contribution is 5.93. The molecule has 1 aliphatic heterocycles. The van der Waals surface area contributed by atoms with Gasteiger partial charge in [0.15, 0.2) is 0 Å². The lowest BCUT2D eigenvalue weighted by Gasteiger charge is -2.33. The first-order valence-electron chi connectivity index (χ1n) is 6.99. The number of nitrogens with zero attached hydrogens (tertiary/aromatic N) is 1. The smallest absolute Gasteiger partial charge is 0.238 e. The lowest BCUT2D eigenvalue weighted by molar-refractivity contribution is -0.118. The van der Waals surface area contributed by atoms with Crippen molar-refractivity contribution in [1.29, 1.82) is 0 Å². The third kappa shape index (κ3) is 4.88. The fourth-order valence-corrected chi connectivity index (χ4v) is 2.41. The quantitative estimate of drug-likeness (QED) is 0.887. The van der Waals surface area contributed by atoms with Crippen molar-refractivity contribution in [3.8, 4) is 5.75 Å². The Balaban J connectivity index is 0.00000220. The van der Waals surface area contributed by atoms with Crippen molar-refractivity contribution in [2.75, 3.05) is 38.6 Å². The van der Waals surface area contributed by atoms with E-state index in [0.29, 0.717) is 18.3 Å². The third-order valence-corrected chi connectivity index (χ3v) is 3.61. The maximum Gasteiger partial charge on any atom is 0.238 e. The number of benzene rings is 1. The van der Waals surface area contributed by atoms with Gasteiger partial charge in [0.25, 0.3) is 0 Å². The van der Waals surface area contributed by atoms with E-state index in [4.69, 9.17) is 4.74 Å². The zero-order valence-corrected chi connectivity index (χ0v) is 13.6. The summed E-state index contributed by atoms with van der Waals surface area (Å²) in [4.78, 5) is 14.4. The van der Waals surface area contributed by atoms with Gasteiger partial charge in [-0.2, -0.15) is 0 Å². The fourth-order valence-electron chi connectivity index (χ4n) is 2.41. The number of rotatable bonds is 4. The first-order chi connectivity index (χ1) is 9.60. The summed E-state index contributed by atoms with van der Waals surface area (Å²) in [5.41, 5.74) is 1.83. The van der Waals surface area contributed by atoms with E-state index < -0.39 is 0 Å². The number of amides is 1. The Morgan fingerprint density at radius 1 is 1.52 bits per heavy atom. The molecule has 0 aromatic heterocycles. The number of carbonyl (C=O) groups excluding carboxylic acids is 1. The molecule has 1 saturated heterocycles. The molecular formula is C15H24ClN3O2. The van der Waals surface area contributed by atoms with E-state index in [0.717, 1.165) is 30.9 Å². The Morgan fingerprint density at radius 3 is 2.95 bits per heavy atom. The number of piperazine rings is 1. The third-order valence-electron chi connectivity index (χ3n) is 3.61. The minimum absolute atomic E-state index is 0. The van der Waals surface area contributed by atoms with Crippen LogP contribution >= 0.6 is 12.4 Å². The molecule has 1 aliphatic rings. The first-order valence-corrected chi connectivity index (χ1v) is 6.99. The van der Waals surface area contributed by atoms with Crippen LogP contribution in [-0.2, 0) is 4.79 Å². The van der Waals surface area contributed by atoms with Crippen LogP contribution in [0.4, 0.5) is 5.69 Å². The largest absolute Gasteiger partial charge is 0.495 e. The minimum Gasteiger partial charge on any atom is -0.495 e. The zero-order chi connectivity index (χ0) is 14.5. The van der Waals surface area contributed by atoms with Crippen molar-refractivity contribution < 1.29 is 9.53 Å². The lowest BCUT2D eigenvalue weighted by atomic mass is 10.2. The van der Waals surface area contributed by atoms with E-state index >= 15 is 0 Å². The number of halogens is 1. The van der Waals surface area contributed by atoms with E-state index in [1.165, 1.54) is 0 Å². The predicted molar refractivity (Wildman–Crippen MR) is 87.5 cm³/mol. The van der Waals surface area contributed by atoms with Crippen LogP contribution in [0, 0.1) is 6.92 Å². The van der Waals surface area contributed by atoms with Crippen LogP contribution in [0.5, 0.6) is 5.75 Å². The van der Waals surface area contributed by atoms with Crippen molar-refractivity contribution >= 4 is 24.0 Å². The van der Waals surface area contributed by atoms with Crippen molar-refractivity contribution in [2.45, 2.75) is 19.9 Å². The van der Waals surface area contributed by atoms with Gasteiger partial charge < -0.3 is 15.4 Å². The normalized spacial score (nSPS) is 18.7. The summed E-state index contributed by atoms with van der Waals surface area (Å²) >= 11 is 0. The monoisotopic (exact) mass is 313 g/mol. The number of ether oxygens (including phenoxy) is 1. The lowest BCUT2D eigenvalue weighted by Crippen LogP contribution is -2.52. The van der Waals surface area contributed by atoms with E-state index in [1.54, 1.807) is 7.11 Å². The van der Waals surface area contributed by atoms with Gasteiger partial charge in [0.05, 0.1) is 19.3 Å². The van der Waals surface area contributed by atoms with E-state index in [9.17, 15) is 4.79 Å². The van der Waals surface area contributed by atoms with Gasteiger partial charge in [-0.1, -0.05) is 6.07 Å². The topological polar surface area (TPSA) is 53.6 Å². The number of hydrogen-bond donors (Lipinski definition) is 2. The summed E-state index contributed by atoms with van der Waals surface area (Å²) in [5.74, 6) is 0.694. The molecule has 0 unspecified atom stereocenters. The SMILES string of the molecule is COc1ccc(C)cc1NC(=O)CN1CCNC[C@@H]1C.Cl. The molecule has 2 N–H and O–H groups in total. The summed E-state index contributed by atoms with van der Waals surface area (Å²) in [6, 6.07) is 6.15. The molecule has 0 aliphatic carbocycles. The maximum absolute atomic E-state index is 12.2. The second-order valence-corrected chi connectivity index (χ2v) is 5.28. The second kappa shape index (κ2) is 8.22. The molecule has 1 aromatic rings. The molecule has 1 aromatic carbocycles. The maximum atomic E-state index is 12.2. The molecule has 1 fully saturated rings. The molecule has 118 valence electrons. The van der Waals surface area contributed by atoms with Gasteiger partial charge in [0, 0.05) is 25.7 Å². The van der Waals surface area contributed by atoms with Crippen LogP contribution in [-0.4, -0.2) is 50.1 Å². The van der Waals surface area contributed by atoms with Crippen LogP contribution < -0.4 is 15.4 Å². The van der Waals surface area contributed by atoms with Crippen LogP contribution in [0.25, 0.3) is 0 Å². The Kier molecular flexibility index (Phi) is 6.95. The summed E-state index contributed by atoms with van der Waals surface area (Å²) in [7, 11) is 1.61.